The minimum absolute atomic E-state index is 0.766. The van der Waals surface area contributed by atoms with Crippen molar-refractivity contribution in [3.8, 4) is 0 Å². The maximum atomic E-state index is 10.7. The molecule has 0 radical (unpaired) electrons. The largest absolute Gasteiger partial charge is 0.482 e. The van der Waals surface area contributed by atoms with Gasteiger partial charge in [-0.1, -0.05) is 0 Å². The second kappa shape index (κ2) is 5.57. The quantitative estimate of drug-likeness (QED) is 0.252. The van der Waals surface area contributed by atoms with E-state index in [1.165, 1.54) is 0 Å². The van der Waals surface area contributed by atoms with Gasteiger partial charge in [0.25, 0.3) is 0 Å². The van der Waals surface area contributed by atoms with Gasteiger partial charge in [-0.2, -0.15) is 0 Å². The average molecular weight is 272 g/mol. The molecule has 0 aromatic carbocycles. The molecule has 4 N–H and O–H groups in total. The van der Waals surface area contributed by atoms with Crippen LogP contribution in [0.4, 0.5) is 0 Å². The van der Waals surface area contributed by atoms with E-state index in [9.17, 15) is 24.3 Å². The molecule has 11 nitrogen and oxygen atoms in total. The van der Waals surface area contributed by atoms with E-state index in [0.717, 1.165) is 0 Å². The van der Waals surface area contributed by atoms with Gasteiger partial charge >= 0.3 is 19.7 Å². The van der Waals surface area contributed by atoms with E-state index in [4.69, 9.17) is 20.0 Å². The Balaban J connectivity index is 5.12. The highest BCUT2D eigenvalue weighted by atomic mass is 31.2. The Kier molecular flexibility index (Phi) is 5.01. The van der Waals surface area contributed by atoms with Crippen molar-refractivity contribution in [1.82, 2.24) is 4.78 Å². The molecule has 0 saturated heterocycles. The molecule has 0 fully saturated rings. The fraction of sp³-hybridized carbons (Fsp3) is 0.600. The van der Waals surface area contributed by atoms with E-state index in [2.05, 4.69) is 0 Å². The first-order valence-electron chi connectivity index (χ1n) is 4.01. The van der Waals surface area contributed by atoms with Crippen LogP contribution in [-0.2, 0) is 14.2 Å². The van der Waals surface area contributed by atoms with Gasteiger partial charge in [0, 0.05) is 6.42 Å². The van der Waals surface area contributed by atoms with Gasteiger partial charge in [0.2, 0.25) is 0 Å². The van der Waals surface area contributed by atoms with Crippen LogP contribution >= 0.6 is 7.75 Å². The van der Waals surface area contributed by atoms with Crippen LogP contribution in [0.2, 0.25) is 0 Å². The molecule has 98 valence electrons. The van der Waals surface area contributed by atoms with Gasteiger partial charge in [-0.15, -0.1) is 0 Å². The Hall–Kier alpha value is -1.71. The Bertz CT molecular complexity index is 376. The minimum atomic E-state index is -5.44. The fourth-order valence-corrected chi connectivity index (χ4v) is 1.76. The zero-order valence-electron chi connectivity index (χ0n) is 8.16. The zero-order chi connectivity index (χ0) is 13.8. The van der Waals surface area contributed by atoms with Gasteiger partial charge in [-0.25, -0.2) is 19.5 Å². The Morgan fingerprint density at radius 2 is 1.82 bits per heavy atom. The normalized spacial score (nSPS) is 12.8. The number of aliphatic carboxylic acids is 2. The van der Waals surface area contributed by atoms with Gasteiger partial charge in [-0.3, -0.25) is 4.79 Å². The predicted octanol–water partition coefficient (Wildman–Crippen LogP) is -1.11. The molecule has 0 amide bonds. The summed E-state index contributed by atoms with van der Waals surface area (Å²) in [5, 5.41) is 25.7. The first-order valence-corrected chi connectivity index (χ1v) is 5.58. The van der Waals surface area contributed by atoms with Crippen LogP contribution in [-0.4, -0.2) is 47.8 Å². The second-order valence-electron chi connectivity index (χ2n) is 2.86. The van der Waals surface area contributed by atoms with Gasteiger partial charge in [0.05, 0.1) is 0 Å². The Morgan fingerprint density at radius 3 is 2.06 bits per heavy atom. The zero-order valence-corrected chi connectivity index (χ0v) is 9.06. The molecule has 0 aromatic rings. The molecule has 0 aliphatic heterocycles. The van der Waals surface area contributed by atoms with Crippen molar-refractivity contribution in [2.75, 3.05) is 0 Å². The maximum absolute atomic E-state index is 10.7. The predicted molar refractivity (Wildman–Crippen MR) is 49.2 cm³/mol. The number of hydrogen-bond acceptors (Lipinski definition) is 5. The summed E-state index contributed by atoms with van der Waals surface area (Å²) >= 11 is 0. The summed E-state index contributed by atoms with van der Waals surface area (Å²) in [5.74, 6) is -3.34. The first-order chi connectivity index (χ1) is 7.57. The first kappa shape index (κ1) is 15.3. The summed E-state index contributed by atoms with van der Waals surface area (Å²) in [6.07, 6.45) is -1.59. The number of carboxylic acid groups (broad SMARTS) is 2. The minimum Gasteiger partial charge on any atom is -0.481 e. The van der Waals surface area contributed by atoms with Crippen LogP contribution in [0.1, 0.15) is 12.8 Å². The molecule has 0 heterocycles. The smallest absolute Gasteiger partial charge is 0.481 e. The van der Waals surface area contributed by atoms with Crippen LogP contribution in [0.5, 0.6) is 0 Å². The molecule has 0 aromatic heterocycles. The van der Waals surface area contributed by atoms with Crippen LogP contribution in [0.25, 0.3) is 0 Å². The van der Waals surface area contributed by atoms with Crippen molar-refractivity contribution in [3.63, 3.8) is 0 Å². The van der Waals surface area contributed by atoms with Gasteiger partial charge in [0.1, 0.15) is 0 Å². The topological polar surface area (TPSA) is 179 Å². The number of nitrogens with zero attached hydrogens (tertiary/aromatic N) is 2. The second-order valence-corrected chi connectivity index (χ2v) is 4.29. The number of nitro groups is 1. The molecule has 17 heavy (non-hydrogen) atoms. The third kappa shape index (κ3) is 4.76. The Morgan fingerprint density at radius 1 is 1.35 bits per heavy atom. The molecule has 0 rings (SSSR count). The van der Waals surface area contributed by atoms with Crippen molar-refractivity contribution in [1.29, 1.82) is 0 Å². The molecular weight excluding hydrogens is 263 g/mol. The summed E-state index contributed by atoms with van der Waals surface area (Å²) in [5.41, 5.74) is 0. The number of carboxylic acids is 2. The fourth-order valence-electron chi connectivity index (χ4n) is 0.988. The Labute approximate surface area is 93.6 Å². The molecule has 0 saturated carbocycles. The monoisotopic (exact) mass is 272 g/mol. The summed E-state index contributed by atoms with van der Waals surface area (Å²) in [6.45, 7) is 0. The number of hydrazine groups is 1. The highest BCUT2D eigenvalue weighted by Gasteiger charge is 2.45. The number of hydrogen-bond donors (Lipinski definition) is 4. The van der Waals surface area contributed by atoms with Crippen molar-refractivity contribution >= 4 is 19.7 Å². The summed E-state index contributed by atoms with van der Waals surface area (Å²) in [4.78, 5) is 48.4. The lowest BCUT2D eigenvalue weighted by atomic mass is 10.2. The molecule has 1 unspecified atom stereocenters. The van der Waals surface area contributed by atoms with Crippen LogP contribution in [0.3, 0.4) is 0 Å². The highest BCUT2D eigenvalue weighted by Crippen LogP contribution is 2.42. The van der Waals surface area contributed by atoms with Crippen LogP contribution in [0, 0.1) is 10.1 Å². The standard InChI is InChI=1S/C5H9N2O9P/c8-4(9)2-1-3(5(10)11)6(7(12)13)17(14,15)16/h3H,1-2H2,(H,8,9)(H,10,11)(H2,14,15,16). The molecule has 1 atom stereocenters. The van der Waals surface area contributed by atoms with Crippen LogP contribution < -0.4 is 0 Å². The molecule has 0 aliphatic carbocycles. The van der Waals surface area contributed by atoms with Crippen molar-refractivity contribution in [2.24, 2.45) is 0 Å². The lowest BCUT2D eigenvalue weighted by Crippen LogP contribution is -2.42. The van der Waals surface area contributed by atoms with E-state index in [1.807, 2.05) is 0 Å². The van der Waals surface area contributed by atoms with Crippen molar-refractivity contribution in [3.05, 3.63) is 10.1 Å². The van der Waals surface area contributed by atoms with Gasteiger partial charge in [0.15, 0.2) is 11.1 Å². The van der Waals surface area contributed by atoms with E-state index in [0.29, 0.717) is 0 Å². The number of rotatable bonds is 7. The third-order valence-corrected chi connectivity index (χ3v) is 2.59. The van der Waals surface area contributed by atoms with E-state index >= 15 is 0 Å². The average Bonchev–Trinajstić information content (AvgIpc) is 2.07. The van der Waals surface area contributed by atoms with E-state index in [1.54, 1.807) is 0 Å². The van der Waals surface area contributed by atoms with E-state index < -0.39 is 48.4 Å². The lowest BCUT2D eigenvalue weighted by molar-refractivity contribution is -0.631. The molecule has 0 spiro atoms. The summed E-state index contributed by atoms with van der Waals surface area (Å²) in [7, 11) is -5.44. The SMILES string of the molecule is O=C(O)CCC(C(=O)O)N([N+](=O)[O-])P(=O)(O)O. The molecular formula is C5H9N2O9P. The molecule has 0 bridgehead atoms. The summed E-state index contributed by atoms with van der Waals surface area (Å²) < 4.78 is 9.97. The summed E-state index contributed by atoms with van der Waals surface area (Å²) in [6, 6.07) is -2.22. The maximum Gasteiger partial charge on any atom is 0.482 e. The lowest BCUT2D eigenvalue weighted by Gasteiger charge is -2.20. The third-order valence-electron chi connectivity index (χ3n) is 1.63. The van der Waals surface area contributed by atoms with Gasteiger partial charge < -0.3 is 20.0 Å². The van der Waals surface area contributed by atoms with Crippen molar-refractivity contribution in [2.45, 2.75) is 18.9 Å². The van der Waals surface area contributed by atoms with Gasteiger partial charge in [-0.05, 0) is 11.2 Å². The van der Waals surface area contributed by atoms with Crippen LogP contribution in [0.15, 0.2) is 0 Å². The highest BCUT2D eigenvalue weighted by molar-refractivity contribution is 7.48. The van der Waals surface area contributed by atoms with Crippen molar-refractivity contribution < 1.29 is 39.2 Å². The number of carbonyl (C=O) groups is 2. The van der Waals surface area contributed by atoms with E-state index in [-0.39, 0.29) is 0 Å². The molecule has 0 aliphatic rings. The molecule has 12 heteroatoms.